The van der Waals surface area contributed by atoms with E-state index < -0.39 is 18.2 Å². The number of carbonyl (C=O) groups is 2. The standard InChI is InChI=1S/C30H33N9O4.C2HF3O2/c1-3-39-27-23(42-17-18-10-12-32-13-11-18)16-33-24(25(27)36-29(39)26-28(31)38-43-37-26)19-6-4-7-20(14-19)34-30(40)35-21-8-5-9-22(15-21)41-2;3-2(4,5)1(6)7/h4-9,14-16,18,32H,3,10-13,17H2,1-2H3,(H2,31,38)(H2,34,35,40);(H,6,7). The van der Waals surface area contributed by atoms with E-state index in [0.717, 1.165) is 37.0 Å². The number of nitrogens with one attached hydrogen (secondary N) is 3. The number of carbonyl (C=O) groups excluding carboxylic acids is 1. The number of piperidine rings is 1. The Morgan fingerprint density at radius 3 is 2.38 bits per heavy atom. The summed E-state index contributed by atoms with van der Waals surface area (Å²) in [5.41, 5.74) is 10.4. The number of aryl methyl sites for hydroxylation is 1. The average Bonchev–Trinajstić information content (AvgIpc) is 3.70. The van der Waals surface area contributed by atoms with Gasteiger partial charge in [0.25, 0.3) is 0 Å². The number of imidazole rings is 1. The molecule has 6 N–H and O–H groups in total. The van der Waals surface area contributed by atoms with E-state index in [4.69, 9.17) is 39.7 Å². The number of ether oxygens (including phenoxy) is 2. The third-order valence-corrected chi connectivity index (χ3v) is 7.68. The number of rotatable bonds is 9. The van der Waals surface area contributed by atoms with Crippen LogP contribution in [0.2, 0.25) is 0 Å². The van der Waals surface area contributed by atoms with Crippen molar-refractivity contribution in [3.63, 3.8) is 0 Å². The summed E-state index contributed by atoms with van der Waals surface area (Å²) in [4.78, 5) is 31.4. The number of alkyl halides is 3. The van der Waals surface area contributed by atoms with E-state index in [9.17, 15) is 18.0 Å². The van der Waals surface area contributed by atoms with Crippen molar-refractivity contribution in [2.24, 2.45) is 5.92 Å². The Labute approximate surface area is 282 Å². The largest absolute Gasteiger partial charge is 0.497 e. The van der Waals surface area contributed by atoms with Crippen LogP contribution in [0.25, 0.3) is 33.8 Å². The van der Waals surface area contributed by atoms with E-state index in [-0.39, 0.29) is 5.82 Å². The van der Waals surface area contributed by atoms with Gasteiger partial charge in [-0.05, 0) is 73.4 Å². The molecule has 0 bridgehead atoms. The number of benzene rings is 2. The molecule has 2 amide bonds. The number of halogens is 3. The number of fused-ring (bicyclic) bond motifs is 1. The van der Waals surface area contributed by atoms with Gasteiger partial charge in [-0.25, -0.2) is 24.2 Å². The molecule has 0 radical (unpaired) electrons. The fraction of sp³-hybridized carbons (Fsp3) is 0.312. The highest BCUT2D eigenvalue weighted by molar-refractivity contribution is 6.01. The van der Waals surface area contributed by atoms with Crippen molar-refractivity contribution in [2.75, 3.05) is 43.2 Å². The molecule has 2 aromatic carbocycles. The number of amides is 2. The zero-order valence-electron chi connectivity index (χ0n) is 27.0. The van der Waals surface area contributed by atoms with Crippen molar-refractivity contribution < 1.29 is 42.0 Å². The molecule has 0 atom stereocenters. The number of carboxylic acid groups (broad SMARTS) is 1. The first kappa shape index (κ1) is 35.4. The molecule has 1 aliphatic rings. The second-order valence-corrected chi connectivity index (χ2v) is 11.0. The number of aromatic nitrogens is 5. The van der Waals surface area contributed by atoms with Crippen molar-refractivity contribution in [1.82, 2.24) is 30.2 Å². The highest BCUT2D eigenvalue weighted by atomic mass is 19.4. The predicted octanol–water partition coefficient (Wildman–Crippen LogP) is 5.41. The third-order valence-electron chi connectivity index (χ3n) is 7.68. The maximum Gasteiger partial charge on any atom is 0.490 e. The zero-order chi connectivity index (χ0) is 35.8. The molecule has 0 aliphatic carbocycles. The summed E-state index contributed by atoms with van der Waals surface area (Å²) in [7, 11) is 1.58. The van der Waals surface area contributed by atoms with E-state index >= 15 is 0 Å². The molecule has 15 nitrogen and oxygen atoms in total. The van der Waals surface area contributed by atoms with Gasteiger partial charge in [-0.2, -0.15) is 13.2 Å². The number of anilines is 3. The fourth-order valence-electron chi connectivity index (χ4n) is 5.26. The van der Waals surface area contributed by atoms with Gasteiger partial charge >= 0.3 is 18.2 Å². The van der Waals surface area contributed by atoms with Gasteiger partial charge in [0.1, 0.15) is 16.8 Å². The molecule has 1 saturated heterocycles. The van der Waals surface area contributed by atoms with Crippen LogP contribution < -0.4 is 31.2 Å². The fourth-order valence-corrected chi connectivity index (χ4v) is 5.26. The molecule has 4 heterocycles. The zero-order valence-corrected chi connectivity index (χ0v) is 27.0. The molecule has 0 unspecified atom stereocenters. The van der Waals surface area contributed by atoms with Crippen LogP contribution in [-0.4, -0.2) is 74.9 Å². The second-order valence-electron chi connectivity index (χ2n) is 11.0. The van der Waals surface area contributed by atoms with Gasteiger partial charge in [-0.15, -0.1) is 0 Å². The van der Waals surface area contributed by atoms with Gasteiger partial charge in [0.15, 0.2) is 23.1 Å². The molecule has 264 valence electrons. The molecular formula is C32H34F3N9O6. The molecule has 50 heavy (non-hydrogen) atoms. The Morgan fingerprint density at radius 1 is 1.08 bits per heavy atom. The minimum absolute atomic E-state index is 0.143. The van der Waals surface area contributed by atoms with Gasteiger partial charge < -0.3 is 40.8 Å². The van der Waals surface area contributed by atoms with Crippen LogP contribution >= 0.6 is 0 Å². The summed E-state index contributed by atoms with van der Waals surface area (Å²) < 4.78 is 50.2. The minimum atomic E-state index is -5.08. The number of nitrogen functional groups attached to an aromatic ring is 1. The van der Waals surface area contributed by atoms with E-state index in [2.05, 4.69) is 26.3 Å². The summed E-state index contributed by atoms with van der Waals surface area (Å²) in [6.07, 6.45) is -1.24. The molecule has 6 rings (SSSR count). The lowest BCUT2D eigenvalue weighted by Gasteiger charge is -2.23. The second kappa shape index (κ2) is 15.5. The normalized spacial score (nSPS) is 13.3. The molecule has 5 aromatic rings. The molecule has 0 saturated carbocycles. The third kappa shape index (κ3) is 8.38. The molecule has 18 heteroatoms. The van der Waals surface area contributed by atoms with Crippen molar-refractivity contribution in [3.8, 4) is 34.3 Å². The number of nitrogens with zero attached hydrogens (tertiary/aromatic N) is 5. The Balaban J connectivity index is 0.000000630. The number of hydrogen-bond acceptors (Lipinski definition) is 11. The van der Waals surface area contributed by atoms with Crippen LogP contribution in [0.5, 0.6) is 11.5 Å². The highest BCUT2D eigenvalue weighted by Gasteiger charge is 2.38. The summed E-state index contributed by atoms with van der Waals surface area (Å²) in [6, 6.07) is 14.2. The maximum absolute atomic E-state index is 12.8. The number of pyridine rings is 1. The first-order chi connectivity index (χ1) is 24.0. The van der Waals surface area contributed by atoms with Gasteiger partial charge in [-0.3, -0.25) is 0 Å². The number of aliphatic carboxylic acids is 1. The molecular weight excluding hydrogens is 663 g/mol. The van der Waals surface area contributed by atoms with E-state index in [1.165, 1.54) is 0 Å². The Bertz CT molecular complexity index is 1960. The number of methoxy groups -OCH3 is 1. The average molecular weight is 698 g/mol. The number of nitrogens with two attached hydrogens (primary N) is 1. The monoisotopic (exact) mass is 697 g/mol. The van der Waals surface area contributed by atoms with Crippen LogP contribution in [0.15, 0.2) is 59.4 Å². The van der Waals surface area contributed by atoms with Crippen LogP contribution in [0.1, 0.15) is 19.8 Å². The summed E-state index contributed by atoms with van der Waals surface area (Å²) in [5, 5.41) is 24.0. The quantitative estimate of drug-likeness (QED) is 0.131. The van der Waals surface area contributed by atoms with Crippen molar-refractivity contribution in [1.29, 1.82) is 0 Å². The van der Waals surface area contributed by atoms with Gasteiger partial charge in [-0.1, -0.05) is 18.2 Å². The summed E-state index contributed by atoms with van der Waals surface area (Å²) >= 11 is 0. The Hall–Kier alpha value is -5.91. The smallest absolute Gasteiger partial charge is 0.490 e. The Kier molecular flexibility index (Phi) is 11.0. The van der Waals surface area contributed by atoms with E-state index in [1.54, 1.807) is 37.6 Å². The minimum Gasteiger partial charge on any atom is -0.497 e. The van der Waals surface area contributed by atoms with E-state index in [1.807, 2.05) is 35.8 Å². The van der Waals surface area contributed by atoms with Crippen molar-refractivity contribution in [3.05, 3.63) is 54.7 Å². The Morgan fingerprint density at radius 2 is 1.76 bits per heavy atom. The van der Waals surface area contributed by atoms with Crippen LogP contribution in [0, 0.1) is 5.92 Å². The lowest BCUT2D eigenvalue weighted by Crippen LogP contribution is -2.30. The summed E-state index contributed by atoms with van der Waals surface area (Å²) in [5.74, 6) is -0.386. The van der Waals surface area contributed by atoms with Crippen molar-refractivity contribution in [2.45, 2.75) is 32.5 Å². The van der Waals surface area contributed by atoms with E-state index in [0.29, 0.717) is 64.7 Å². The lowest BCUT2D eigenvalue weighted by atomic mass is 9.99. The molecule has 1 aliphatic heterocycles. The number of urea groups is 1. The van der Waals surface area contributed by atoms with Gasteiger partial charge in [0, 0.05) is 29.5 Å². The maximum atomic E-state index is 12.8. The number of carboxylic acids is 1. The first-order valence-corrected chi connectivity index (χ1v) is 15.4. The van der Waals surface area contributed by atoms with Gasteiger partial charge in [0.05, 0.1) is 25.6 Å². The van der Waals surface area contributed by atoms with Crippen LogP contribution in [0.3, 0.4) is 0 Å². The molecule has 3 aromatic heterocycles. The van der Waals surface area contributed by atoms with Crippen LogP contribution in [0.4, 0.5) is 35.2 Å². The first-order valence-electron chi connectivity index (χ1n) is 15.4. The lowest BCUT2D eigenvalue weighted by molar-refractivity contribution is -0.192. The predicted molar refractivity (Wildman–Crippen MR) is 177 cm³/mol. The van der Waals surface area contributed by atoms with Crippen LogP contribution in [-0.2, 0) is 11.3 Å². The summed E-state index contributed by atoms with van der Waals surface area (Å²) in [6.45, 7) is 5.13. The van der Waals surface area contributed by atoms with Crippen molar-refractivity contribution >= 4 is 40.2 Å². The topological polar surface area (TPSA) is 205 Å². The molecule has 0 spiro atoms. The van der Waals surface area contributed by atoms with Gasteiger partial charge in [0.2, 0.25) is 0 Å². The SMILES string of the molecule is CCn1c(-c2nonc2N)nc2c(-c3cccc(NC(=O)Nc4cccc(OC)c4)c3)ncc(OCC3CCNCC3)c21.O=C(O)C(F)(F)F. The molecule has 1 fully saturated rings. The number of hydrogen-bond donors (Lipinski definition) is 5. The highest BCUT2D eigenvalue weighted by Crippen LogP contribution is 2.37.